The maximum absolute atomic E-state index is 13.1. The quantitative estimate of drug-likeness (QED) is 0.770. The summed E-state index contributed by atoms with van der Waals surface area (Å²) in [6.45, 7) is 2.54. The summed E-state index contributed by atoms with van der Waals surface area (Å²) in [5, 5.41) is 0. The molecule has 2 aliphatic carbocycles. The lowest BCUT2D eigenvalue weighted by Gasteiger charge is -2.45. The Hall–Kier alpha value is -1.99. The summed E-state index contributed by atoms with van der Waals surface area (Å²) < 4.78 is 10.7. The van der Waals surface area contributed by atoms with E-state index in [0.717, 1.165) is 12.8 Å². The standard InChI is InChI=1S/C22H29N3O4.ClH/c23-20-14-2-1-3-15(20)11-17(10-14)22(27)25-8-6-24(7-9-25)21(26)16-4-5-18-19(12-16)29-13-28-18;/h4-5,12,14-15,17,20H,1-3,6-11,13,23H2;1H. The van der Waals surface area contributed by atoms with Gasteiger partial charge < -0.3 is 25.0 Å². The Kier molecular flexibility index (Phi) is 6.11. The van der Waals surface area contributed by atoms with Crippen molar-refractivity contribution in [3.05, 3.63) is 23.8 Å². The Morgan fingerprint density at radius 3 is 2.27 bits per heavy atom. The van der Waals surface area contributed by atoms with Crippen molar-refractivity contribution in [1.82, 2.24) is 9.80 Å². The van der Waals surface area contributed by atoms with E-state index in [1.54, 1.807) is 18.2 Å². The van der Waals surface area contributed by atoms with Crippen LogP contribution in [0.1, 0.15) is 42.5 Å². The van der Waals surface area contributed by atoms with Crippen LogP contribution in [-0.4, -0.2) is 60.6 Å². The minimum Gasteiger partial charge on any atom is -0.454 e. The third kappa shape index (κ3) is 3.85. The summed E-state index contributed by atoms with van der Waals surface area (Å²) in [5.41, 5.74) is 6.98. The number of carbonyl (C=O) groups excluding carboxylic acids is 2. The molecule has 3 fully saturated rings. The monoisotopic (exact) mass is 435 g/mol. The first-order valence-corrected chi connectivity index (χ1v) is 10.8. The fraction of sp³-hybridized carbons (Fsp3) is 0.636. The molecule has 0 aromatic heterocycles. The molecule has 2 amide bonds. The van der Waals surface area contributed by atoms with Crippen molar-refractivity contribution in [3.8, 4) is 11.5 Å². The molecule has 2 heterocycles. The lowest BCUT2D eigenvalue weighted by molar-refractivity contribution is -0.140. The largest absolute Gasteiger partial charge is 0.454 e. The number of benzene rings is 1. The first-order chi connectivity index (χ1) is 14.1. The van der Waals surface area contributed by atoms with Crippen molar-refractivity contribution < 1.29 is 19.1 Å². The van der Waals surface area contributed by atoms with Crippen LogP contribution in [0.25, 0.3) is 0 Å². The van der Waals surface area contributed by atoms with E-state index in [1.807, 2.05) is 9.80 Å². The van der Waals surface area contributed by atoms with Gasteiger partial charge in [0.05, 0.1) is 0 Å². The average Bonchev–Trinajstić information content (AvgIpc) is 3.20. The van der Waals surface area contributed by atoms with Gasteiger partial charge in [-0.25, -0.2) is 0 Å². The average molecular weight is 436 g/mol. The highest BCUT2D eigenvalue weighted by molar-refractivity contribution is 5.95. The summed E-state index contributed by atoms with van der Waals surface area (Å²) in [5.74, 6) is 2.66. The number of fused-ring (bicyclic) bond motifs is 3. The number of amides is 2. The van der Waals surface area contributed by atoms with E-state index in [4.69, 9.17) is 15.2 Å². The van der Waals surface area contributed by atoms with Crippen molar-refractivity contribution in [2.24, 2.45) is 23.5 Å². The maximum Gasteiger partial charge on any atom is 0.254 e. The van der Waals surface area contributed by atoms with Crippen LogP contribution in [-0.2, 0) is 4.79 Å². The Balaban J connectivity index is 0.00000218. The molecule has 2 unspecified atom stereocenters. The van der Waals surface area contributed by atoms with E-state index < -0.39 is 0 Å². The van der Waals surface area contributed by atoms with Gasteiger partial charge in [0.15, 0.2) is 11.5 Å². The number of halogens is 1. The van der Waals surface area contributed by atoms with Gasteiger partial charge in [0, 0.05) is 43.7 Å². The van der Waals surface area contributed by atoms with Crippen LogP contribution in [0.3, 0.4) is 0 Å². The molecule has 1 aromatic rings. The molecule has 7 nitrogen and oxygen atoms in total. The number of carbonyl (C=O) groups is 2. The summed E-state index contributed by atoms with van der Waals surface area (Å²) >= 11 is 0. The molecule has 0 spiro atoms. The zero-order valence-corrected chi connectivity index (χ0v) is 17.9. The van der Waals surface area contributed by atoms with Gasteiger partial charge in [-0.3, -0.25) is 9.59 Å². The van der Waals surface area contributed by atoms with Crippen LogP contribution in [0.15, 0.2) is 18.2 Å². The number of rotatable bonds is 2. The van der Waals surface area contributed by atoms with E-state index in [1.165, 1.54) is 19.3 Å². The molecule has 2 atom stereocenters. The van der Waals surface area contributed by atoms with Crippen LogP contribution in [0, 0.1) is 17.8 Å². The van der Waals surface area contributed by atoms with Crippen molar-refractivity contribution in [2.45, 2.75) is 38.1 Å². The molecule has 2 N–H and O–H groups in total. The fourth-order valence-corrected chi connectivity index (χ4v) is 5.59. The molecule has 1 aromatic carbocycles. The van der Waals surface area contributed by atoms with Crippen molar-refractivity contribution in [1.29, 1.82) is 0 Å². The summed E-state index contributed by atoms with van der Waals surface area (Å²) in [7, 11) is 0. The highest BCUT2D eigenvalue weighted by Gasteiger charge is 2.42. The minimum atomic E-state index is -0.0198. The molecular weight excluding hydrogens is 406 g/mol. The van der Waals surface area contributed by atoms with Gasteiger partial charge >= 0.3 is 0 Å². The molecule has 164 valence electrons. The molecule has 5 rings (SSSR count). The Morgan fingerprint density at radius 1 is 0.933 bits per heavy atom. The van der Waals surface area contributed by atoms with Gasteiger partial charge in [0.1, 0.15) is 0 Å². The minimum absolute atomic E-state index is 0. The fourth-order valence-electron chi connectivity index (χ4n) is 5.59. The summed E-state index contributed by atoms with van der Waals surface area (Å²) in [6.07, 6.45) is 5.46. The predicted molar refractivity (Wildman–Crippen MR) is 114 cm³/mol. The molecule has 2 aliphatic heterocycles. The smallest absolute Gasteiger partial charge is 0.254 e. The zero-order chi connectivity index (χ0) is 20.0. The second kappa shape index (κ2) is 8.63. The number of hydrogen-bond acceptors (Lipinski definition) is 5. The van der Waals surface area contributed by atoms with Crippen molar-refractivity contribution in [2.75, 3.05) is 33.0 Å². The SMILES string of the molecule is Cl.NC1C2CCCC1CC(C(=O)N1CCN(C(=O)c3ccc4c(c3)OCO4)CC1)C2. The third-order valence-corrected chi connectivity index (χ3v) is 7.26. The molecule has 30 heavy (non-hydrogen) atoms. The number of hydrogen-bond donors (Lipinski definition) is 1. The van der Waals surface area contributed by atoms with Gasteiger partial charge in [-0.1, -0.05) is 6.42 Å². The first kappa shape index (κ1) is 21.2. The van der Waals surface area contributed by atoms with Crippen LogP contribution >= 0.6 is 12.4 Å². The Labute approximate surface area is 183 Å². The molecule has 2 bridgehead atoms. The van der Waals surface area contributed by atoms with E-state index in [9.17, 15) is 9.59 Å². The second-order valence-electron chi connectivity index (χ2n) is 8.88. The normalized spacial score (nSPS) is 29.9. The Bertz CT molecular complexity index is 798. The maximum atomic E-state index is 13.1. The van der Waals surface area contributed by atoms with Crippen LogP contribution < -0.4 is 15.2 Å². The van der Waals surface area contributed by atoms with Crippen molar-refractivity contribution in [3.63, 3.8) is 0 Å². The van der Waals surface area contributed by atoms with Gasteiger partial charge in [0.2, 0.25) is 12.7 Å². The summed E-state index contributed by atoms with van der Waals surface area (Å²) in [4.78, 5) is 29.8. The first-order valence-electron chi connectivity index (χ1n) is 10.8. The molecule has 0 radical (unpaired) electrons. The lowest BCUT2D eigenvalue weighted by atomic mass is 9.65. The summed E-state index contributed by atoms with van der Waals surface area (Å²) in [6, 6.07) is 5.58. The number of nitrogens with two attached hydrogens (primary N) is 1. The second-order valence-corrected chi connectivity index (χ2v) is 8.88. The number of ether oxygens (including phenoxy) is 2. The highest BCUT2D eigenvalue weighted by Crippen LogP contribution is 2.42. The van der Waals surface area contributed by atoms with E-state index in [0.29, 0.717) is 55.1 Å². The van der Waals surface area contributed by atoms with E-state index in [-0.39, 0.29) is 43.0 Å². The molecule has 2 saturated carbocycles. The van der Waals surface area contributed by atoms with Crippen LogP contribution in [0.2, 0.25) is 0 Å². The predicted octanol–water partition coefficient (Wildman–Crippen LogP) is 2.28. The molecule has 1 saturated heterocycles. The van der Waals surface area contributed by atoms with Gasteiger partial charge in [-0.05, 0) is 55.7 Å². The lowest BCUT2D eigenvalue weighted by Crippen LogP contribution is -2.54. The highest BCUT2D eigenvalue weighted by atomic mass is 35.5. The van der Waals surface area contributed by atoms with E-state index >= 15 is 0 Å². The number of nitrogens with zero attached hydrogens (tertiary/aromatic N) is 2. The van der Waals surface area contributed by atoms with Gasteiger partial charge in [-0.15, -0.1) is 12.4 Å². The van der Waals surface area contributed by atoms with Gasteiger partial charge in [0.25, 0.3) is 5.91 Å². The molecule has 4 aliphatic rings. The zero-order valence-electron chi connectivity index (χ0n) is 17.1. The van der Waals surface area contributed by atoms with Crippen molar-refractivity contribution >= 4 is 24.2 Å². The van der Waals surface area contributed by atoms with E-state index in [2.05, 4.69) is 0 Å². The Morgan fingerprint density at radius 2 is 1.57 bits per heavy atom. The van der Waals surface area contributed by atoms with Crippen LogP contribution in [0.5, 0.6) is 11.5 Å². The topological polar surface area (TPSA) is 85.1 Å². The molecular formula is C22H30ClN3O4. The van der Waals surface area contributed by atoms with Gasteiger partial charge in [-0.2, -0.15) is 0 Å². The van der Waals surface area contributed by atoms with Crippen LogP contribution in [0.4, 0.5) is 0 Å². The molecule has 8 heteroatoms. The number of piperazine rings is 1. The third-order valence-electron chi connectivity index (χ3n) is 7.26.